The predicted molar refractivity (Wildman–Crippen MR) is 80.5 cm³/mol. The van der Waals surface area contributed by atoms with Crippen LogP contribution < -0.4 is 14.8 Å². The minimum Gasteiger partial charge on any atom is -0.493 e. The molecule has 4 nitrogen and oxygen atoms in total. The van der Waals surface area contributed by atoms with Gasteiger partial charge >= 0.3 is 0 Å². The second kappa shape index (κ2) is 9.49. The molecule has 0 unspecified atom stereocenters. The first-order valence-corrected chi connectivity index (χ1v) is 6.69. The molecule has 0 aliphatic rings. The van der Waals surface area contributed by atoms with Crippen LogP contribution in [0.15, 0.2) is 12.1 Å². The third-order valence-electron chi connectivity index (χ3n) is 2.57. The molecule has 0 fully saturated rings. The summed E-state index contributed by atoms with van der Waals surface area (Å²) in [6, 6.07) is 3.76. The third kappa shape index (κ3) is 5.30. The number of ether oxygens (including phenoxy) is 3. The summed E-state index contributed by atoms with van der Waals surface area (Å²) in [5.41, 5.74) is 1.02. The van der Waals surface area contributed by atoms with E-state index in [2.05, 4.69) is 17.2 Å². The van der Waals surface area contributed by atoms with Crippen molar-refractivity contribution < 1.29 is 14.2 Å². The summed E-state index contributed by atoms with van der Waals surface area (Å²) < 4.78 is 15.8. The SMILES string of the molecule is CC#CCOc1c(Cl)cc(CNCCOC)cc1OC. The topological polar surface area (TPSA) is 39.7 Å². The highest BCUT2D eigenvalue weighted by molar-refractivity contribution is 6.32. The molecule has 0 aliphatic heterocycles. The molecule has 110 valence electrons. The van der Waals surface area contributed by atoms with Crippen molar-refractivity contribution in [1.82, 2.24) is 5.32 Å². The first-order chi connectivity index (χ1) is 9.72. The molecular weight excluding hydrogens is 278 g/mol. The van der Waals surface area contributed by atoms with Crippen LogP contribution in [0.5, 0.6) is 11.5 Å². The van der Waals surface area contributed by atoms with Crippen LogP contribution in [-0.2, 0) is 11.3 Å². The van der Waals surface area contributed by atoms with Crippen LogP contribution in [0.3, 0.4) is 0 Å². The lowest BCUT2D eigenvalue weighted by Crippen LogP contribution is -2.18. The van der Waals surface area contributed by atoms with Gasteiger partial charge in [0.2, 0.25) is 0 Å². The highest BCUT2D eigenvalue weighted by Gasteiger charge is 2.11. The summed E-state index contributed by atoms with van der Waals surface area (Å²) in [4.78, 5) is 0. The molecule has 0 radical (unpaired) electrons. The Kier molecular flexibility index (Phi) is 7.89. The number of hydrogen-bond acceptors (Lipinski definition) is 4. The molecule has 0 saturated heterocycles. The lowest BCUT2D eigenvalue weighted by Gasteiger charge is -2.13. The zero-order valence-corrected chi connectivity index (χ0v) is 12.8. The minimum atomic E-state index is 0.290. The largest absolute Gasteiger partial charge is 0.493 e. The summed E-state index contributed by atoms with van der Waals surface area (Å²) in [5, 5.41) is 3.77. The number of halogens is 1. The van der Waals surface area contributed by atoms with E-state index in [1.165, 1.54) is 0 Å². The van der Waals surface area contributed by atoms with Gasteiger partial charge in [-0.1, -0.05) is 17.5 Å². The fraction of sp³-hybridized carbons (Fsp3) is 0.467. The molecule has 0 bridgehead atoms. The van der Waals surface area contributed by atoms with Crippen LogP contribution in [0, 0.1) is 11.8 Å². The van der Waals surface area contributed by atoms with E-state index in [9.17, 15) is 0 Å². The van der Waals surface area contributed by atoms with E-state index in [1.807, 2.05) is 12.1 Å². The van der Waals surface area contributed by atoms with E-state index < -0.39 is 0 Å². The average molecular weight is 298 g/mol. The maximum absolute atomic E-state index is 6.23. The number of methoxy groups -OCH3 is 2. The lowest BCUT2D eigenvalue weighted by atomic mass is 10.2. The van der Waals surface area contributed by atoms with Crippen molar-refractivity contribution in [2.75, 3.05) is 34.0 Å². The van der Waals surface area contributed by atoms with Crippen molar-refractivity contribution in [2.45, 2.75) is 13.5 Å². The molecule has 1 aromatic carbocycles. The molecule has 0 amide bonds. The smallest absolute Gasteiger partial charge is 0.181 e. The first-order valence-electron chi connectivity index (χ1n) is 6.31. The van der Waals surface area contributed by atoms with Gasteiger partial charge < -0.3 is 19.5 Å². The Bertz CT molecular complexity index is 480. The summed E-state index contributed by atoms with van der Waals surface area (Å²) >= 11 is 6.23. The van der Waals surface area contributed by atoms with Gasteiger partial charge in [-0.3, -0.25) is 0 Å². The van der Waals surface area contributed by atoms with E-state index in [1.54, 1.807) is 21.1 Å². The van der Waals surface area contributed by atoms with Crippen LogP contribution in [0.1, 0.15) is 12.5 Å². The highest BCUT2D eigenvalue weighted by Crippen LogP contribution is 2.36. The molecule has 20 heavy (non-hydrogen) atoms. The van der Waals surface area contributed by atoms with Crippen molar-refractivity contribution in [3.63, 3.8) is 0 Å². The first kappa shape index (κ1) is 16.6. The summed E-state index contributed by atoms with van der Waals surface area (Å²) in [5.74, 6) is 6.73. The van der Waals surface area contributed by atoms with Crippen molar-refractivity contribution >= 4 is 11.6 Å². The Morgan fingerprint density at radius 1 is 1.30 bits per heavy atom. The average Bonchev–Trinajstić information content (AvgIpc) is 2.45. The van der Waals surface area contributed by atoms with Gasteiger partial charge in [-0.25, -0.2) is 0 Å². The quantitative estimate of drug-likeness (QED) is 0.591. The van der Waals surface area contributed by atoms with E-state index in [4.69, 9.17) is 25.8 Å². The van der Waals surface area contributed by atoms with Gasteiger partial charge in [0, 0.05) is 20.2 Å². The van der Waals surface area contributed by atoms with Crippen LogP contribution in [0.4, 0.5) is 0 Å². The van der Waals surface area contributed by atoms with Gasteiger partial charge in [0.1, 0.15) is 6.61 Å². The van der Waals surface area contributed by atoms with Gasteiger partial charge in [0.05, 0.1) is 18.7 Å². The molecule has 0 atom stereocenters. The summed E-state index contributed by atoms with van der Waals surface area (Å²) in [6.07, 6.45) is 0. The Balaban J connectivity index is 2.74. The summed E-state index contributed by atoms with van der Waals surface area (Å²) in [7, 11) is 3.26. The molecule has 1 rings (SSSR count). The lowest BCUT2D eigenvalue weighted by molar-refractivity contribution is 0.199. The molecule has 0 heterocycles. The molecule has 0 aromatic heterocycles. The zero-order chi connectivity index (χ0) is 14.8. The second-order valence-electron chi connectivity index (χ2n) is 3.99. The van der Waals surface area contributed by atoms with Crippen molar-refractivity contribution in [3.05, 3.63) is 22.7 Å². The van der Waals surface area contributed by atoms with Crippen LogP contribution in [0.25, 0.3) is 0 Å². The Hall–Kier alpha value is -1.41. The number of nitrogens with one attached hydrogen (secondary N) is 1. The van der Waals surface area contributed by atoms with E-state index in [-0.39, 0.29) is 6.61 Å². The van der Waals surface area contributed by atoms with Gasteiger partial charge in [-0.15, -0.1) is 5.92 Å². The predicted octanol–water partition coefficient (Wildman–Crippen LogP) is 2.49. The van der Waals surface area contributed by atoms with Gasteiger partial charge in [0.15, 0.2) is 11.5 Å². The van der Waals surface area contributed by atoms with Gasteiger partial charge in [0.25, 0.3) is 0 Å². The molecule has 0 saturated carbocycles. The number of rotatable bonds is 8. The second-order valence-corrected chi connectivity index (χ2v) is 4.40. The Morgan fingerprint density at radius 3 is 2.75 bits per heavy atom. The fourth-order valence-corrected chi connectivity index (χ4v) is 1.89. The highest BCUT2D eigenvalue weighted by atomic mass is 35.5. The molecule has 1 aromatic rings. The van der Waals surface area contributed by atoms with Crippen molar-refractivity contribution in [2.24, 2.45) is 0 Å². The summed E-state index contributed by atoms with van der Waals surface area (Å²) in [6.45, 7) is 4.19. The molecule has 0 spiro atoms. The van der Waals surface area contributed by atoms with Gasteiger partial charge in [-0.2, -0.15) is 0 Å². The zero-order valence-electron chi connectivity index (χ0n) is 12.1. The molecular formula is C15H20ClNO3. The van der Waals surface area contributed by atoms with Crippen LogP contribution in [0.2, 0.25) is 5.02 Å². The van der Waals surface area contributed by atoms with E-state index in [0.29, 0.717) is 29.7 Å². The molecule has 1 N–H and O–H groups in total. The monoisotopic (exact) mass is 297 g/mol. The maximum atomic E-state index is 6.23. The van der Waals surface area contributed by atoms with E-state index in [0.717, 1.165) is 12.1 Å². The molecule has 0 aliphatic carbocycles. The van der Waals surface area contributed by atoms with Gasteiger partial charge in [-0.05, 0) is 24.6 Å². The third-order valence-corrected chi connectivity index (χ3v) is 2.85. The minimum absolute atomic E-state index is 0.290. The standard InChI is InChI=1S/C15H20ClNO3/c1-4-5-7-20-15-13(16)9-12(10-14(15)19-3)11-17-6-8-18-2/h9-10,17H,6-8,11H2,1-3H3. The fourth-order valence-electron chi connectivity index (χ4n) is 1.60. The van der Waals surface area contributed by atoms with Crippen molar-refractivity contribution in [3.8, 4) is 23.3 Å². The molecule has 5 heteroatoms. The number of benzene rings is 1. The Morgan fingerprint density at radius 2 is 2.10 bits per heavy atom. The Labute approximate surface area is 125 Å². The van der Waals surface area contributed by atoms with Crippen LogP contribution in [-0.4, -0.2) is 34.0 Å². The van der Waals surface area contributed by atoms with Crippen molar-refractivity contribution in [1.29, 1.82) is 0 Å². The maximum Gasteiger partial charge on any atom is 0.181 e. The van der Waals surface area contributed by atoms with Crippen LogP contribution >= 0.6 is 11.6 Å². The normalized spacial score (nSPS) is 9.80. The van der Waals surface area contributed by atoms with E-state index >= 15 is 0 Å². The number of hydrogen-bond donors (Lipinski definition) is 1.